The number of esters is 1. The predicted molar refractivity (Wildman–Crippen MR) is 291 cm³/mol. The standard InChI is InChI=1S/C61H107NO5/c1-4-7-10-13-16-19-22-25-28-30-32-35-38-41-44-47-50-53-59(64)58(56-63)62-60(65)55-57(52-49-46-43-40-37-34-31-27-24-21-18-15-12-9-6-3)67-61(66)54-51-48-45-42-39-36-33-29-26-23-20-17-14-11-8-5-2/h8,11,17-18,20-21,26-27,29,31,36-37,39-40,57-59,63-64H,4-7,9-10,12-16,19,22-25,28,30,32-35,38,41-56H2,1-3H3,(H,62,65)/b11-8+,20-17+,21-18-,29-26+,31-27-,39-36+,40-37-. The first-order valence-corrected chi connectivity index (χ1v) is 28.3. The number of ether oxygens (including phenoxy) is 1. The van der Waals surface area contributed by atoms with Crippen molar-refractivity contribution in [3.05, 3.63) is 85.1 Å². The molecule has 0 radical (unpaired) electrons. The van der Waals surface area contributed by atoms with Gasteiger partial charge in [-0.3, -0.25) is 9.59 Å². The van der Waals surface area contributed by atoms with E-state index in [0.717, 1.165) is 103 Å². The maximum atomic E-state index is 13.3. The molecule has 0 spiro atoms. The number of allylic oxidation sites excluding steroid dienone is 14. The van der Waals surface area contributed by atoms with Crippen molar-refractivity contribution in [1.29, 1.82) is 0 Å². The van der Waals surface area contributed by atoms with Gasteiger partial charge in [0.25, 0.3) is 0 Å². The molecule has 0 aliphatic rings. The minimum absolute atomic E-state index is 0.0353. The van der Waals surface area contributed by atoms with Gasteiger partial charge in [0.15, 0.2) is 0 Å². The molecule has 0 bridgehead atoms. The molecule has 0 saturated heterocycles. The second kappa shape index (κ2) is 54.0. The van der Waals surface area contributed by atoms with Gasteiger partial charge in [-0.15, -0.1) is 0 Å². The second-order valence-electron chi connectivity index (χ2n) is 19.0. The predicted octanol–water partition coefficient (Wildman–Crippen LogP) is 17.5. The first-order valence-electron chi connectivity index (χ1n) is 28.3. The molecule has 6 heteroatoms. The van der Waals surface area contributed by atoms with Crippen molar-refractivity contribution >= 4 is 11.9 Å². The molecule has 0 rings (SSSR count). The van der Waals surface area contributed by atoms with Crippen LogP contribution in [-0.2, 0) is 14.3 Å². The van der Waals surface area contributed by atoms with Crippen LogP contribution >= 0.6 is 0 Å². The zero-order valence-corrected chi connectivity index (χ0v) is 44.0. The van der Waals surface area contributed by atoms with Gasteiger partial charge in [-0.25, -0.2) is 0 Å². The lowest BCUT2D eigenvalue weighted by Crippen LogP contribution is -2.46. The van der Waals surface area contributed by atoms with Crippen molar-refractivity contribution in [2.75, 3.05) is 6.61 Å². The first-order chi connectivity index (χ1) is 33.0. The van der Waals surface area contributed by atoms with Crippen LogP contribution in [-0.4, -0.2) is 46.9 Å². The summed E-state index contributed by atoms with van der Waals surface area (Å²) < 4.78 is 5.92. The number of unbranched alkanes of at least 4 members (excludes halogenated alkanes) is 24. The fourth-order valence-corrected chi connectivity index (χ4v) is 8.19. The van der Waals surface area contributed by atoms with Crippen molar-refractivity contribution in [2.45, 2.75) is 283 Å². The number of carbonyl (C=O) groups is 2. The monoisotopic (exact) mass is 934 g/mol. The van der Waals surface area contributed by atoms with E-state index in [-0.39, 0.29) is 24.9 Å². The molecule has 0 aromatic carbocycles. The molecular formula is C61H107NO5. The van der Waals surface area contributed by atoms with Gasteiger partial charge < -0.3 is 20.3 Å². The molecule has 0 fully saturated rings. The summed E-state index contributed by atoms with van der Waals surface area (Å²) in [4.78, 5) is 26.2. The molecule has 3 atom stereocenters. The normalized spacial score (nSPS) is 13.8. The third-order valence-electron chi connectivity index (χ3n) is 12.5. The molecule has 0 saturated carbocycles. The number of aliphatic hydroxyl groups excluding tert-OH is 2. The van der Waals surface area contributed by atoms with Crippen LogP contribution in [0.5, 0.6) is 0 Å². The fraction of sp³-hybridized carbons (Fsp3) is 0.738. The largest absolute Gasteiger partial charge is 0.462 e. The van der Waals surface area contributed by atoms with Crippen LogP contribution in [0, 0.1) is 0 Å². The molecule has 67 heavy (non-hydrogen) atoms. The third-order valence-corrected chi connectivity index (χ3v) is 12.5. The Labute approximate surface area is 414 Å². The zero-order valence-electron chi connectivity index (χ0n) is 44.0. The number of hydrogen-bond donors (Lipinski definition) is 3. The fourth-order valence-electron chi connectivity index (χ4n) is 8.19. The van der Waals surface area contributed by atoms with Crippen LogP contribution in [0.3, 0.4) is 0 Å². The Kier molecular flexibility index (Phi) is 51.6. The molecule has 386 valence electrons. The minimum atomic E-state index is -0.809. The van der Waals surface area contributed by atoms with Crippen molar-refractivity contribution < 1.29 is 24.5 Å². The average molecular weight is 935 g/mol. The number of aliphatic hydroxyl groups is 2. The summed E-state index contributed by atoms with van der Waals surface area (Å²) in [7, 11) is 0. The van der Waals surface area contributed by atoms with Gasteiger partial charge in [0.2, 0.25) is 5.91 Å². The van der Waals surface area contributed by atoms with E-state index in [1.807, 2.05) is 0 Å². The third kappa shape index (κ3) is 49.3. The number of amides is 1. The van der Waals surface area contributed by atoms with Crippen molar-refractivity contribution in [3.63, 3.8) is 0 Å². The van der Waals surface area contributed by atoms with Gasteiger partial charge in [-0.2, -0.15) is 0 Å². The molecule has 0 aromatic rings. The van der Waals surface area contributed by atoms with E-state index in [9.17, 15) is 19.8 Å². The summed E-state index contributed by atoms with van der Waals surface area (Å²) in [6.07, 6.45) is 70.7. The SMILES string of the molecule is CC/C=C/C/C=C/C/C=C/C/C=C/CCCCCC(=O)OC(CCCC/C=C\C/C=C\C/C=C\CCCCC)CC(=O)NC(CO)C(O)CCCCCCCCCCCCCCCCCCC. The number of nitrogens with one attached hydrogen (secondary N) is 1. The second-order valence-corrected chi connectivity index (χ2v) is 19.0. The Morgan fingerprint density at radius 3 is 1.25 bits per heavy atom. The van der Waals surface area contributed by atoms with E-state index >= 15 is 0 Å². The number of carbonyl (C=O) groups excluding carboxylic acids is 2. The molecule has 6 nitrogen and oxygen atoms in total. The van der Waals surface area contributed by atoms with Gasteiger partial charge in [0, 0.05) is 6.42 Å². The molecule has 0 aromatic heterocycles. The summed E-state index contributed by atoms with van der Waals surface area (Å²) >= 11 is 0. The van der Waals surface area contributed by atoms with E-state index < -0.39 is 18.2 Å². The van der Waals surface area contributed by atoms with Gasteiger partial charge in [-0.05, 0) is 103 Å². The van der Waals surface area contributed by atoms with Crippen LogP contribution in [0.15, 0.2) is 85.1 Å². The Morgan fingerprint density at radius 1 is 0.448 bits per heavy atom. The average Bonchev–Trinajstić information content (AvgIpc) is 3.32. The van der Waals surface area contributed by atoms with Crippen LogP contribution in [0.4, 0.5) is 0 Å². The van der Waals surface area contributed by atoms with Crippen molar-refractivity contribution in [3.8, 4) is 0 Å². The maximum absolute atomic E-state index is 13.3. The Hall–Kier alpha value is -2.96. The summed E-state index contributed by atoms with van der Waals surface area (Å²) in [5.74, 6) is -0.548. The highest BCUT2D eigenvalue weighted by Crippen LogP contribution is 2.17. The number of hydrogen-bond acceptors (Lipinski definition) is 5. The maximum Gasteiger partial charge on any atom is 0.306 e. The van der Waals surface area contributed by atoms with Crippen LogP contribution in [0.25, 0.3) is 0 Å². The van der Waals surface area contributed by atoms with E-state index in [1.54, 1.807) is 0 Å². The number of rotatable bonds is 50. The summed E-state index contributed by atoms with van der Waals surface area (Å²) in [6.45, 7) is 6.34. The Morgan fingerprint density at radius 2 is 0.806 bits per heavy atom. The lowest BCUT2D eigenvalue weighted by atomic mass is 10.0. The van der Waals surface area contributed by atoms with E-state index in [1.165, 1.54) is 116 Å². The Bertz CT molecular complexity index is 1280. The van der Waals surface area contributed by atoms with E-state index in [2.05, 4.69) is 111 Å². The van der Waals surface area contributed by atoms with Gasteiger partial charge in [0.05, 0.1) is 25.2 Å². The van der Waals surface area contributed by atoms with Gasteiger partial charge >= 0.3 is 5.97 Å². The smallest absolute Gasteiger partial charge is 0.306 e. The topological polar surface area (TPSA) is 95.9 Å². The van der Waals surface area contributed by atoms with E-state index in [4.69, 9.17) is 4.74 Å². The van der Waals surface area contributed by atoms with Crippen LogP contribution in [0.1, 0.15) is 265 Å². The summed E-state index contributed by atoms with van der Waals surface area (Å²) in [5, 5.41) is 23.9. The highest BCUT2D eigenvalue weighted by atomic mass is 16.5. The lowest BCUT2D eigenvalue weighted by molar-refractivity contribution is -0.151. The summed E-state index contributed by atoms with van der Waals surface area (Å²) in [6, 6.07) is -0.726. The van der Waals surface area contributed by atoms with Crippen LogP contribution in [0.2, 0.25) is 0 Å². The van der Waals surface area contributed by atoms with E-state index in [0.29, 0.717) is 19.3 Å². The van der Waals surface area contributed by atoms with Gasteiger partial charge in [0.1, 0.15) is 6.10 Å². The molecule has 1 amide bonds. The first kappa shape index (κ1) is 64.0. The van der Waals surface area contributed by atoms with Gasteiger partial charge in [-0.1, -0.05) is 234 Å². The summed E-state index contributed by atoms with van der Waals surface area (Å²) in [5.41, 5.74) is 0. The highest BCUT2D eigenvalue weighted by molar-refractivity contribution is 5.77. The molecule has 0 heterocycles. The lowest BCUT2D eigenvalue weighted by Gasteiger charge is -2.24. The molecular weight excluding hydrogens is 827 g/mol. The highest BCUT2D eigenvalue weighted by Gasteiger charge is 2.24. The minimum Gasteiger partial charge on any atom is -0.462 e. The molecule has 0 aliphatic heterocycles. The Balaban J connectivity index is 4.65. The zero-order chi connectivity index (χ0) is 48.8. The molecule has 0 aliphatic carbocycles. The molecule has 3 N–H and O–H groups in total. The van der Waals surface area contributed by atoms with Crippen molar-refractivity contribution in [2.24, 2.45) is 0 Å². The van der Waals surface area contributed by atoms with Crippen LogP contribution < -0.4 is 5.32 Å². The molecule has 3 unspecified atom stereocenters. The van der Waals surface area contributed by atoms with Crippen molar-refractivity contribution in [1.82, 2.24) is 5.32 Å². The quantitative estimate of drug-likeness (QED) is 0.0321.